The minimum Gasteiger partial charge on any atom is -0.337 e. The molecule has 2 N–H and O–H groups in total. The number of nitrogens with zero attached hydrogens (tertiary/aromatic N) is 4. The molecule has 160 valence electrons. The molecular weight excluding hydrogens is 415 g/mol. The summed E-state index contributed by atoms with van der Waals surface area (Å²) in [7, 11) is 0. The van der Waals surface area contributed by atoms with E-state index in [1.807, 2.05) is 24.3 Å². The van der Waals surface area contributed by atoms with Gasteiger partial charge in [0.25, 0.3) is 0 Å². The fraction of sp³-hybridized carbons (Fsp3) is 0.0455. The molecule has 0 unspecified atom stereocenters. The summed E-state index contributed by atoms with van der Waals surface area (Å²) in [5.41, 5.74) is 4.42. The molecule has 4 aromatic rings. The Bertz CT molecular complexity index is 1320. The minimum absolute atomic E-state index is 0.0242. The lowest BCUT2D eigenvalue weighted by Crippen LogP contribution is -2.18. The van der Waals surface area contributed by atoms with Gasteiger partial charge in [0.1, 0.15) is 12.4 Å². The molecule has 0 saturated carbocycles. The third-order valence-corrected chi connectivity index (χ3v) is 4.62. The van der Waals surface area contributed by atoms with Gasteiger partial charge in [-0.05, 0) is 36.4 Å². The Morgan fingerprint density at radius 2 is 1.94 bits per heavy atom. The van der Waals surface area contributed by atoms with Gasteiger partial charge in [-0.3, -0.25) is 20.3 Å². The lowest BCUT2D eigenvalue weighted by Gasteiger charge is -2.07. The number of pyridine rings is 1. The van der Waals surface area contributed by atoms with Gasteiger partial charge in [-0.25, -0.2) is 9.37 Å². The van der Waals surface area contributed by atoms with Gasteiger partial charge in [-0.15, -0.1) is 0 Å². The molecule has 9 nitrogen and oxygen atoms in total. The molecule has 32 heavy (non-hydrogen) atoms. The van der Waals surface area contributed by atoms with E-state index in [4.69, 9.17) is 0 Å². The van der Waals surface area contributed by atoms with Crippen molar-refractivity contribution in [3.63, 3.8) is 0 Å². The number of rotatable bonds is 7. The molecule has 2 heterocycles. The Hall–Kier alpha value is -4.60. The van der Waals surface area contributed by atoms with Gasteiger partial charge in [0, 0.05) is 40.6 Å². The Labute approximate surface area is 181 Å². The van der Waals surface area contributed by atoms with E-state index in [0.29, 0.717) is 11.3 Å². The lowest BCUT2D eigenvalue weighted by molar-refractivity contribution is -0.384. The van der Waals surface area contributed by atoms with Crippen molar-refractivity contribution in [2.24, 2.45) is 5.10 Å². The normalized spacial score (nSPS) is 11.0. The lowest BCUT2D eigenvalue weighted by atomic mass is 10.2. The van der Waals surface area contributed by atoms with Gasteiger partial charge < -0.3 is 9.88 Å². The van der Waals surface area contributed by atoms with Crippen LogP contribution in [0.4, 0.5) is 21.6 Å². The summed E-state index contributed by atoms with van der Waals surface area (Å²) in [5.74, 6) is -0.632. The van der Waals surface area contributed by atoms with Crippen LogP contribution in [0.1, 0.15) is 5.56 Å². The summed E-state index contributed by atoms with van der Waals surface area (Å²) in [6.07, 6.45) is 4.69. The van der Waals surface area contributed by atoms with E-state index in [1.54, 1.807) is 10.8 Å². The summed E-state index contributed by atoms with van der Waals surface area (Å²) in [6, 6.07) is 15.8. The van der Waals surface area contributed by atoms with Crippen molar-refractivity contribution in [2.75, 3.05) is 10.7 Å². The predicted molar refractivity (Wildman–Crippen MR) is 119 cm³/mol. The van der Waals surface area contributed by atoms with Crippen molar-refractivity contribution < 1.29 is 14.1 Å². The average molecular weight is 432 g/mol. The van der Waals surface area contributed by atoms with Crippen LogP contribution in [0.25, 0.3) is 10.9 Å². The zero-order chi connectivity index (χ0) is 22.5. The quantitative estimate of drug-likeness (QED) is 0.258. The summed E-state index contributed by atoms with van der Waals surface area (Å²) >= 11 is 0. The van der Waals surface area contributed by atoms with Crippen molar-refractivity contribution in [3.05, 3.63) is 94.6 Å². The smallest absolute Gasteiger partial charge is 0.313 e. The van der Waals surface area contributed by atoms with Crippen LogP contribution in [-0.4, -0.2) is 26.6 Å². The Morgan fingerprint density at radius 3 is 2.72 bits per heavy atom. The summed E-state index contributed by atoms with van der Waals surface area (Å²) in [4.78, 5) is 27.0. The zero-order valence-corrected chi connectivity index (χ0v) is 16.6. The van der Waals surface area contributed by atoms with Gasteiger partial charge >= 0.3 is 5.69 Å². The number of amides is 1. The molecule has 4 rings (SSSR count). The number of hydrogen-bond acceptors (Lipinski definition) is 6. The minimum atomic E-state index is -0.545. The number of para-hydroxylation sites is 1. The molecule has 0 bridgehead atoms. The molecule has 10 heteroatoms. The molecule has 0 fully saturated rings. The van der Waals surface area contributed by atoms with Crippen molar-refractivity contribution in [1.82, 2.24) is 9.55 Å². The van der Waals surface area contributed by atoms with Crippen molar-refractivity contribution in [2.45, 2.75) is 6.54 Å². The first-order chi connectivity index (χ1) is 15.5. The Balaban J connectivity index is 1.54. The van der Waals surface area contributed by atoms with Crippen LogP contribution in [0.15, 0.2) is 78.2 Å². The molecule has 0 aliphatic carbocycles. The van der Waals surface area contributed by atoms with Gasteiger partial charge in [0.05, 0.1) is 11.1 Å². The third-order valence-electron chi connectivity index (χ3n) is 4.62. The van der Waals surface area contributed by atoms with Crippen LogP contribution in [0, 0.1) is 15.9 Å². The van der Waals surface area contributed by atoms with Crippen LogP contribution in [-0.2, 0) is 11.3 Å². The summed E-state index contributed by atoms with van der Waals surface area (Å²) in [5, 5.41) is 18.8. The first-order valence-electron chi connectivity index (χ1n) is 9.53. The molecule has 0 atom stereocenters. The molecule has 0 spiro atoms. The molecule has 1 amide bonds. The number of hydrogen-bond donors (Lipinski definition) is 2. The van der Waals surface area contributed by atoms with E-state index in [0.717, 1.165) is 10.9 Å². The van der Waals surface area contributed by atoms with E-state index in [9.17, 15) is 19.3 Å². The molecule has 0 radical (unpaired) electrons. The number of carbonyl (C=O) groups is 1. The molecular formula is C22H17FN6O3. The topological polar surface area (TPSA) is 114 Å². The van der Waals surface area contributed by atoms with Crippen LogP contribution in [0.5, 0.6) is 0 Å². The largest absolute Gasteiger partial charge is 0.337 e. The van der Waals surface area contributed by atoms with Gasteiger partial charge in [-0.1, -0.05) is 18.2 Å². The number of aromatic nitrogens is 2. The number of halogens is 1. The van der Waals surface area contributed by atoms with Crippen LogP contribution in [0.3, 0.4) is 0 Å². The fourth-order valence-electron chi connectivity index (χ4n) is 3.19. The molecule has 0 saturated heterocycles. The SMILES string of the molecule is O=C(Cn1cc(/C=N\Nc2ncccc2[N+](=O)[O-])c2ccccc21)Nc1ccc(F)cc1. The van der Waals surface area contributed by atoms with E-state index < -0.39 is 4.92 Å². The fourth-order valence-corrected chi connectivity index (χ4v) is 3.19. The maximum atomic E-state index is 13.0. The van der Waals surface area contributed by atoms with Gasteiger partial charge in [-0.2, -0.15) is 5.10 Å². The number of carbonyl (C=O) groups excluding carboxylic acids is 1. The highest BCUT2D eigenvalue weighted by atomic mass is 19.1. The standard InChI is InChI=1S/C22H17FN6O3/c23-16-7-9-17(10-8-16)26-21(30)14-28-13-15(18-4-1-2-5-19(18)28)12-25-27-22-20(29(31)32)6-3-11-24-22/h1-13H,14H2,(H,24,27)(H,26,30)/b25-12-. The maximum absolute atomic E-state index is 13.0. The highest BCUT2D eigenvalue weighted by Crippen LogP contribution is 2.22. The monoisotopic (exact) mass is 432 g/mol. The average Bonchev–Trinajstić information content (AvgIpc) is 3.13. The number of anilines is 2. The van der Waals surface area contributed by atoms with Crippen LogP contribution in [0.2, 0.25) is 0 Å². The van der Waals surface area contributed by atoms with Crippen LogP contribution >= 0.6 is 0 Å². The van der Waals surface area contributed by atoms with Crippen molar-refractivity contribution >= 4 is 40.2 Å². The van der Waals surface area contributed by atoms with Crippen molar-refractivity contribution in [1.29, 1.82) is 0 Å². The summed E-state index contributed by atoms with van der Waals surface area (Å²) < 4.78 is 14.8. The van der Waals surface area contributed by atoms with Gasteiger partial charge in [0.2, 0.25) is 11.7 Å². The third kappa shape index (κ3) is 4.59. The number of hydrazone groups is 1. The van der Waals surface area contributed by atoms with Gasteiger partial charge in [0.15, 0.2) is 0 Å². The van der Waals surface area contributed by atoms with Crippen LogP contribution < -0.4 is 10.7 Å². The second kappa shape index (κ2) is 9.04. The number of benzene rings is 2. The predicted octanol–water partition coefficient (Wildman–Crippen LogP) is 4.17. The molecule has 0 aliphatic heterocycles. The number of fused-ring (bicyclic) bond motifs is 1. The molecule has 0 aliphatic rings. The Kier molecular flexibility index (Phi) is 5.84. The second-order valence-electron chi connectivity index (χ2n) is 6.78. The maximum Gasteiger partial charge on any atom is 0.313 e. The highest BCUT2D eigenvalue weighted by Gasteiger charge is 2.14. The first kappa shape index (κ1) is 20.7. The first-order valence-corrected chi connectivity index (χ1v) is 9.53. The van der Waals surface area contributed by atoms with E-state index in [2.05, 4.69) is 20.8 Å². The number of nitro groups is 1. The molecule has 2 aromatic carbocycles. The van der Waals surface area contributed by atoms with E-state index >= 15 is 0 Å². The van der Waals surface area contributed by atoms with E-state index in [1.165, 1.54) is 48.8 Å². The number of nitrogens with one attached hydrogen (secondary N) is 2. The summed E-state index contributed by atoms with van der Waals surface area (Å²) in [6.45, 7) is 0.0326. The Morgan fingerprint density at radius 1 is 1.16 bits per heavy atom. The van der Waals surface area contributed by atoms with Crippen molar-refractivity contribution in [3.8, 4) is 0 Å². The highest BCUT2D eigenvalue weighted by molar-refractivity contribution is 6.00. The molecule has 2 aromatic heterocycles. The zero-order valence-electron chi connectivity index (χ0n) is 16.6. The van der Waals surface area contributed by atoms with E-state index in [-0.39, 0.29) is 29.8 Å². The second-order valence-corrected chi connectivity index (χ2v) is 6.78.